The summed E-state index contributed by atoms with van der Waals surface area (Å²) in [6.45, 7) is 2.46. The molecule has 0 radical (unpaired) electrons. The Hall–Kier alpha value is -0.950. The van der Waals surface area contributed by atoms with Crippen LogP contribution < -0.4 is 0 Å². The number of carbonyl (C=O) groups excluding carboxylic acids is 1. The summed E-state index contributed by atoms with van der Waals surface area (Å²) in [7, 11) is 0. The summed E-state index contributed by atoms with van der Waals surface area (Å²) in [5.74, 6) is -0.407. The van der Waals surface area contributed by atoms with Gasteiger partial charge in [-0.05, 0) is 74.7 Å². The molecule has 6 nitrogen and oxygen atoms in total. The standard InChI is InChI=1S/C22H32O6/c1-19-6-3-17-16(4-7-20(25)11-14(23)2-8-22(17,20)27)21(19,26)9-5-15(19)13-10-18(24)28-12-13/h10,14-17,23,25-27H,2-9,11-12H2,1H3/t14-,15+,16+,17+,19+,20+,21+,22-/m0/s1. The molecule has 0 aromatic carbocycles. The Labute approximate surface area is 165 Å². The van der Waals surface area contributed by atoms with Crippen molar-refractivity contribution in [1.29, 1.82) is 0 Å². The van der Waals surface area contributed by atoms with E-state index in [-0.39, 0.29) is 35.6 Å². The number of hydrogen-bond acceptors (Lipinski definition) is 6. The van der Waals surface area contributed by atoms with Crippen LogP contribution in [-0.2, 0) is 9.53 Å². The summed E-state index contributed by atoms with van der Waals surface area (Å²) >= 11 is 0. The first-order valence-corrected chi connectivity index (χ1v) is 10.9. The molecule has 0 unspecified atom stereocenters. The lowest BCUT2D eigenvalue weighted by atomic mass is 9.45. The quantitative estimate of drug-likeness (QED) is 0.503. The van der Waals surface area contributed by atoms with Crippen LogP contribution in [0.3, 0.4) is 0 Å². The van der Waals surface area contributed by atoms with E-state index in [0.717, 1.165) is 24.8 Å². The van der Waals surface area contributed by atoms with Crippen LogP contribution >= 0.6 is 0 Å². The number of aliphatic hydroxyl groups excluding tert-OH is 1. The molecule has 1 aliphatic heterocycles. The molecule has 4 N–H and O–H groups in total. The number of cyclic esters (lactones) is 1. The van der Waals surface area contributed by atoms with Crippen molar-refractivity contribution in [3.63, 3.8) is 0 Å². The van der Waals surface area contributed by atoms with Gasteiger partial charge >= 0.3 is 5.97 Å². The average Bonchev–Trinajstić information content (AvgIpc) is 3.17. The highest BCUT2D eigenvalue weighted by atomic mass is 16.5. The molecule has 0 bridgehead atoms. The van der Waals surface area contributed by atoms with Crippen molar-refractivity contribution in [3.8, 4) is 0 Å². The molecule has 0 spiro atoms. The second-order valence-corrected chi connectivity index (χ2v) is 10.4. The lowest BCUT2D eigenvalue weighted by Gasteiger charge is -2.64. The maximum Gasteiger partial charge on any atom is 0.331 e. The van der Waals surface area contributed by atoms with Gasteiger partial charge in [-0.15, -0.1) is 0 Å². The van der Waals surface area contributed by atoms with E-state index in [0.29, 0.717) is 38.7 Å². The van der Waals surface area contributed by atoms with Crippen LogP contribution in [0.1, 0.15) is 64.7 Å². The van der Waals surface area contributed by atoms with E-state index in [9.17, 15) is 25.2 Å². The molecule has 4 fully saturated rings. The van der Waals surface area contributed by atoms with Gasteiger partial charge in [0.15, 0.2) is 0 Å². The molecule has 0 aromatic rings. The molecular weight excluding hydrogens is 360 g/mol. The summed E-state index contributed by atoms with van der Waals surface area (Å²) in [6.07, 6.45) is 6.17. The first-order valence-electron chi connectivity index (χ1n) is 10.9. The van der Waals surface area contributed by atoms with Gasteiger partial charge in [0.1, 0.15) is 6.61 Å². The number of carbonyl (C=O) groups is 1. The third-order valence-electron chi connectivity index (χ3n) is 9.50. The third-order valence-corrected chi connectivity index (χ3v) is 9.50. The molecule has 5 aliphatic rings. The van der Waals surface area contributed by atoms with E-state index in [1.54, 1.807) is 6.08 Å². The number of aliphatic hydroxyl groups is 4. The second-order valence-electron chi connectivity index (χ2n) is 10.4. The van der Waals surface area contributed by atoms with Crippen molar-refractivity contribution < 1.29 is 30.0 Å². The number of rotatable bonds is 1. The summed E-state index contributed by atoms with van der Waals surface area (Å²) in [5, 5.41) is 45.0. The normalized spacial score (nSPS) is 55.8. The van der Waals surface area contributed by atoms with E-state index < -0.39 is 22.9 Å². The highest BCUT2D eigenvalue weighted by Crippen LogP contribution is 2.68. The summed E-state index contributed by atoms with van der Waals surface area (Å²) < 4.78 is 5.14. The minimum atomic E-state index is -1.26. The second kappa shape index (κ2) is 5.81. The maximum absolute atomic E-state index is 12.0. The first-order chi connectivity index (χ1) is 13.1. The fourth-order valence-corrected chi connectivity index (χ4v) is 7.99. The van der Waals surface area contributed by atoms with E-state index in [2.05, 4.69) is 6.92 Å². The molecule has 5 rings (SSSR count). The molecule has 4 aliphatic carbocycles. The van der Waals surface area contributed by atoms with Crippen LogP contribution in [0.5, 0.6) is 0 Å². The SMILES string of the molecule is C[C@]12CC[C@@H]3[C@@H](CC[C@@]4(O)C[C@@H](O)CC[C@]34O)[C@]1(O)CC[C@@H]2C1=CC(=O)OC1. The van der Waals surface area contributed by atoms with Crippen molar-refractivity contribution in [2.75, 3.05) is 6.61 Å². The van der Waals surface area contributed by atoms with Crippen LogP contribution in [0, 0.1) is 23.2 Å². The topological polar surface area (TPSA) is 107 Å². The zero-order valence-corrected chi connectivity index (χ0v) is 16.6. The molecule has 28 heavy (non-hydrogen) atoms. The summed E-state index contributed by atoms with van der Waals surface area (Å²) in [4.78, 5) is 11.6. The number of esters is 1. The van der Waals surface area contributed by atoms with Crippen molar-refractivity contribution in [2.24, 2.45) is 23.2 Å². The number of ether oxygens (including phenoxy) is 1. The van der Waals surface area contributed by atoms with Crippen molar-refractivity contribution >= 4 is 5.97 Å². The monoisotopic (exact) mass is 392 g/mol. The molecule has 0 saturated heterocycles. The van der Waals surface area contributed by atoms with E-state index in [1.165, 1.54) is 0 Å². The van der Waals surface area contributed by atoms with Gasteiger partial charge in [-0.1, -0.05) is 6.92 Å². The maximum atomic E-state index is 12.0. The van der Waals surface area contributed by atoms with Gasteiger partial charge in [0.25, 0.3) is 0 Å². The van der Waals surface area contributed by atoms with Gasteiger partial charge in [0, 0.05) is 17.9 Å². The molecule has 4 saturated carbocycles. The van der Waals surface area contributed by atoms with Gasteiger partial charge < -0.3 is 25.2 Å². The Morgan fingerprint density at radius 1 is 0.964 bits per heavy atom. The van der Waals surface area contributed by atoms with Crippen LogP contribution in [0.15, 0.2) is 11.6 Å². The summed E-state index contributed by atoms with van der Waals surface area (Å²) in [6, 6.07) is 0. The largest absolute Gasteiger partial charge is 0.458 e. The fourth-order valence-electron chi connectivity index (χ4n) is 7.99. The highest BCUT2D eigenvalue weighted by Gasteiger charge is 2.71. The summed E-state index contributed by atoms with van der Waals surface area (Å²) in [5.41, 5.74) is -2.78. The van der Waals surface area contributed by atoms with Gasteiger partial charge in [0.05, 0.1) is 22.9 Å². The molecule has 0 aromatic heterocycles. The third kappa shape index (κ3) is 2.21. The van der Waals surface area contributed by atoms with Crippen LogP contribution in [0.2, 0.25) is 0 Å². The fraction of sp³-hybridized carbons (Fsp3) is 0.864. The van der Waals surface area contributed by atoms with Gasteiger partial charge in [-0.3, -0.25) is 0 Å². The Morgan fingerprint density at radius 2 is 1.64 bits per heavy atom. The van der Waals surface area contributed by atoms with Crippen molar-refractivity contribution in [2.45, 2.75) is 87.6 Å². The van der Waals surface area contributed by atoms with E-state index in [4.69, 9.17) is 4.74 Å². The zero-order valence-electron chi connectivity index (χ0n) is 16.6. The van der Waals surface area contributed by atoms with Crippen molar-refractivity contribution in [3.05, 3.63) is 11.6 Å². The molecular formula is C22H32O6. The minimum absolute atomic E-state index is 0.0737. The van der Waals surface area contributed by atoms with Gasteiger partial charge in [0.2, 0.25) is 0 Å². The van der Waals surface area contributed by atoms with E-state index in [1.807, 2.05) is 0 Å². The predicted molar refractivity (Wildman–Crippen MR) is 100 cm³/mol. The molecule has 0 amide bonds. The van der Waals surface area contributed by atoms with Gasteiger partial charge in [-0.2, -0.15) is 0 Å². The Balaban J connectivity index is 1.49. The lowest BCUT2D eigenvalue weighted by Crippen LogP contribution is -2.71. The predicted octanol–water partition coefficient (Wildman–Crippen LogP) is 1.44. The zero-order chi connectivity index (χ0) is 19.9. The Bertz CT molecular complexity index is 735. The van der Waals surface area contributed by atoms with Gasteiger partial charge in [-0.25, -0.2) is 4.79 Å². The Morgan fingerprint density at radius 3 is 2.36 bits per heavy atom. The molecule has 8 atom stereocenters. The molecule has 6 heteroatoms. The smallest absolute Gasteiger partial charge is 0.331 e. The average molecular weight is 392 g/mol. The first kappa shape index (κ1) is 19.0. The van der Waals surface area contributed by atoms with Crippen LogP contribution in [0.25, 0.3) is 0 Å². The number of fused-ring (bicyclic) bond motifs is 5. The lowest BCUT2D eigenvalue weighted by molar-refractivity contribution is -0.288. The highest BCUT2D eigenvalue weighted by molar-refractivity contribution is 5.85. The van der Waals surface area contributed by atoms with Crippen LogP contribution in [0.4, 0.5) is 0 Å². The minimum Gasteiger partial charge on any atom is -0.458 e. The van der Waals surface area contributed by atoms with Crippen LogP contribution in [-0.4, -0.2) is 55.9 Å². The number of hydrogen-bond donors (Lipinski definition) is 4. The van der Waals surface area contributed by atoms with E-state index >= 15 is 0 Å². The van der Waals surface area contributed by atoms with Crippen molar-refractivity contribution in [1.82, 2.24) is 0 Å². The Kier molecular flexibility index (Phi) is 3.95. The molecule has 156 valence electrons. The molecule has 1 heterocycles.